The van der Waals surface area contributed by atoms with E-state index in [9.17, 15) is 8.42 Å². The highest BCUT2D eigenvalue weighted by Crippen LogP contribution is 2.04. The summed E-state index contributed by atoms with van der Waals surface area (Å²) in [4.78, 5) is 6.24. The number of ether oxygens (including phenoxy) is 1. The van der Waals surface area contributed by atoms with Gasteiger partial charge in [0.25, 0.3) is 15.1 Å². The Morgan fingerprint density at radius 1 is 1.58 bits per heavy atom. The SMILES string of the molecule is COc1cc(C)[nH]c(=S(=O)=O)n1. The lowest BCUT2D eigenvalue weighted by Crippen LogP contribution is -1.93. The summed E-state index contributed by atoms with van der Waals surface area (Å²) in [6.45, 7) is 1.72. The lowest BCUT2D eigenvalue weighted by atomic mass is 10.4. The summed E-state index contributed by atoms with van der Waals surface area (Å²) in [7, 11) is -0.918. The van der Waals surface area contributed by atoms with Crippen molar-refractivity contribution in [1.29, 1.82) is 0 Å². The van der Waals surface area contributed by atoms with Gasteiger partial charge in [-0.1, -0.05) is 0 Å². The molecule has 0 radical (unpaired) electrons. The van der Waals surface area contributed by atoms with Crippen LogP contribution in [0.3, 0.4) is 0 Å². The number of aromatic nitrogens is 2. The molecule has 0 saturated heterocycles. The van der Waals surface area contributed by atoms with Gasteiger partial charge >= 0.3 is 0 Å². The van der Waals surface area contributed by atoms with Crippen LogP contribution < -0.4 is 4.74 Å². The van der Waals surface area contributed by atoms with Crippen molar-refractivity contribution >= 4 is 10.3 Å². The molecule has 0 fully saturated rings. The van der Waals surface area contributed by atoms with Crippen molar-refractivity contribution in [3.05, 3.63) is 16.5 Å². The van der Waals surface area contributed by atoms with E-state index in [1.165, 1.54) is 7.11 Å². The van der Waals surface area contributed by atoms with Crippen molar-refractivity contribution in [3.8, 4) is 5.88 Å². The van der Waals surface area contributed by atoms with Gasteiger partial charge in [0.1, 0.15) is 0 Å². The molecular weight excluding hydrogens is 180 g/mol. The van der Waals surface area contributed by atoms with Crippen LogP contribution in [0.2, 0.25) is 0 Å². The van der Waals surface area contributed by atoms with Crippen LogP contribution in [-0.2, 0) is 10.3 Å². The fourth-order valence-corrected chi connectivity index (χ4v) is 1.14. The highest BCUT2D eigenvalue weighted by atomic mass is 32.2. The Bertz CT molecular complexity index is 438. The molecule has 0 aliphatic heterocycles. The van der Waals surface area contributed by atoms with Crippen molar-refractivity contribution in [2.24, 2.45) is 0 Å². The van der Waals surface area contributed by atoms with E-state index in [4.69, 9.17) is 4.74 Å². The van der Waals surface area contributed by atoms with Crippen molar-refractivity contribution in [2.45, 2.75) is 6.92 Å². The van der Waals surface area contributed by atoms with Gasteiger partial charge in [0.2, 0.25) is 5.88 Å². The van der Waals surface area contributed by atoms with Crippen LogP contribution >= 0.6 is 0 Å². The first-order chi connectivity index (χ1) is 5.63. The minimum absolute atomic E-state index is 0.119. The Kier molecular flexibility index (Phi) is 2.49. The maximum absolute atomic E-state index is 10.5. The van der Waals surface area contributed by atoms with Crippen LogP contribution in [0.5, 0.6) is 5.88 Å². The summed E-state index contributed by atoms with van der Waals surface area (Å²) < 4.78 is 25.6. The third kappa shape index (κ3) is 1.85. The van der Waals surface area contributed by atoms with E-state index < -0.39 is 10.3 Å². The Morgan fingerprint density at radius 2 is 2.25 bits per heavy atom. The Hall–Kier alpha value is -1.30. The normalized spacial score (nSPS) is 9.50. The lowest BCUT2D eigenvalue weighted by Gasteiger charge is -1.97. The van der Waals surface area contributed by atoms with E-state index in [0.717, 1.165) is 0 Å². The van der Waals surface area contributed by atoms with Gasteiger partial charge < -0.3 is 9.72 Å². The second kappa shape index (κ2) is 3.40. The number of hydrogen-bond acceptors (Lipinski definition) is 4. The summed E-state index contributed by atoms with van der Waals surface area (Å²) in [6.07, 6.45) is 0. The summed E-state index contributed by atoms with van der Waals surface area (Å²) in [5, 5.41) is 0. The van der Waals surface area contributed by atoms with E-state index in [-0.39, 0.29) is 10.7 Å². The predicted molar refractivity (Wildman–Crippen MR) is 42.0 cm³/mol. The molecule has 1 N–H and O–H groups in total. The van der Waals surface area contributed by atoms with Gasteiger partial charge in [-0.15, -0.1) is 0 Å². The van der Waals surface area contributed by atoms with Gasteiger partial charge in [-0.3, -0.25) is 0 Å². The molecule has 5 nitrogen and oxygen atoms in total. The van der Waals surface area contributed by atoms with E-state index in [2.05, 4.69) is 9.97 Å². The number of rotatable bonds is 1. The molecule has 66 valence electrons. The number of aryl methyl sites for hydroxylation is 1. The highest BCUT2D eigenvalue weighted by molar-refractivity contribution is 7.63. The predicted octanol–water partition coefficient (Wildman–Crippen LogP) is 0.138. The number of hydrogen-bond donors (Lipinski definition) is 1. The van der Waals surface area contributed by atoms with E-state index >= 15 is 0 Å². The fourth-order valence-electron chi connectivity index (χ4n) is 0.734. The van der Waals surface area contributed by atoms with Crippen molar-refractivity contribution < 1.29 is 13.2 Å². The highest BCUT2D eigenvalue weighted by Gasteiger charge is 1.94. The van der Waals surface area contributed by atoms with Crippen molar-refractivity contribution in [2.75, 3.05) is 7.11 Å². The van der Waals surface area contributed by atoms with Gasteiger partial charge in [0, 0.05) is 11.8 Å². The van der Waals surface area contributed by atoms with Gasteiger partial charge in [0.15, 0.2) is 0 Å². The van der Waals surface area contributed by atoms with Gasteiger partial charge in [-0.05, 0) is 6.92 Å². The van der Waals surface area contributed by atoms with Crippen LogP contribution in [-0.4, -0.2) is 25.5 Å². The molecule has 0 aromatic carbocycles. The van der Waals surface area contributed by atoms with Gasteiger partial charge in [-0.25, -0.2) is 0 Å². The molecule has 1 heterocycles. The smallest absolute Gasteiger partial charge is 0.258 e. The van der Waals surface area contributed by atoms with Crippen LogP contribution in [0.25, 0.3) is 0 Å². The lowest BCUT2D eigenvalue weighted by molar-refractivity contribution is 0.395. The fraction of sp³-hybridized carbons (Fsp3) is 0.333. The zero-order valence-corrected chi connectivity index (χ0v) is 7.47. The maximum Gasteiger partial charge on any atom is 0.258 e. The Balaban J connectivity index is 3.57. The monoisotopic (exact) mass is 188 g/mol. The van der Waals surface area contributed by atoms with Crippen molar-refractivity contribution in [3.63, 3.8) is 0 Å². The van der Waals surface area contributed by atoms with Crippen LogP contribution in [0.1, 0.15) is 5.69 Å². The number of aromatic amines is 1. The molecule has 12 heavy (non-hydrogen) atoms. The average Bonchev–Trinajstić information content (AvgIpc) is 2.03. The molecule has 0 aliphatic rings. The second-order valence-corrected chi connectivity index (χ2v) is 3.00. The molecule has 0 aliphatic carbocycles. The molecule has 0 amide bonds. The largest absolute Gasteiger partial charge is 0.481 e. The average molecular weight is 188 g/mol. The quantitative estimate of drug-likeness (QED) is 0.636. The minimum atomic E-state index is -2.35. The van der Waals surface area contributed by atoms with E-state index in [1.807, 2.05) is 0 Å². The van der Waals surface area contributed by atoms with Crippen molar-refractivity contribution in [1.82, 2.24) is 9.97 Å². The Morgan fingerprint density at radius 3 is 2.75 bits per heavy atom. The van der Waals surface area contributed by atoms with Gasteiger partial charge in [0.05, 0.1) is 7.11 Å². The molecule has 0 spiro atoms. The molecule has 1 aromatic heterocycles. The molecular formula is C6H8N2O3S. The molecule has 0 unspecified atom stereocenters. The second-order valence-electron chi connectivity index (χ2n) is 2.15. The summed E-state index contributed by atoms with van der Waals surface area (Å²) in [5.74, 6) is 0.283. The third-order valence-electron chi connectivity index (χ3n) is 1.22. The molecule has 0 saturated carbocycles. The van der Waals surface area contributed by atoms with Gasteiger partial charge in [-0.2, -0.15) is 13.4 Å². The molecule has 0 atom stereocenters. The number of nitrogens with one attached hydrogen (secondary N) is 1. The molecule has 1 rings (SSSR count). The molecule has 6 heteroatoms. The Labute approximate surface area is 70.6 Å². The standard InChI is InChI=1S/C6H8N2O3S/c1-4-3-5(11-2)8-6(7-4)12(9)10/h3,7H,1-2H3. The van der Waals surface area contributed by atoms with Crippen LogP contribution in [0.4, 0.5) is 0 Å². The summed E-state index contributed by atoms with van der Waals surface area (Å²) in [6, 6.07) is 1.61. The van der Waals surface area contributed by atoms with E-state index in [0.29, 0.717) is 5.69 Å². The zero-order valence-electron chi connectivity index (χ0n) is 6.66. The number of H-pyrrole nitrogens is 1. The summed E-state index contributed by atoms with van der Waals surface area (Å²) in [5.41, 5.74) is 0.682. The first-order valence-corrected chi connectivity index (χ1v) is 4.25. The molecule has 1 aromatic rings. The first-order valence-electron chi connectivity index (χ1n) is 3.17. The number of methoxy groups -OCH3 is 1. The maximum atomic E-state index is 10.5. The first kappa shape index (κ1) is 8.79. The number of nitrogens with zero attached hydrogens (tertiary/aromatic N) is 1. The topological polar surface area (TPSA) is 72.1 Å². The third-order valence-corrected chi connectivity index (χ3v) is 1.73. The minimum Gasteiger partial charge on any atom is -0.481 e. The van der Waals surface area contributed by atoms with Crippen LogP contribution in [0, 0.1) is 11.7 Å². The summed E-state index contributed by atoms with van der Waals surface area (Å²) >= 11 is 0. The van der Waals surface area contributed by atoms with Crippen LogP contribution in [0.15, 0.2) is 6.07 Å². The molecule has 0 bridgehead atoms. The zero-order chi connectivity index (χ0) is 9.14. The van der Waals surface area contributed by atoms with E-state index in [1.54, 1.807) is 13.0 Å².